The zero-order valence-corrected chi connectivity index (χ0v) is 17.0. The molecular formula is C22H28N2O6. The van der Waals surface area contributed by atoms with Crippen molar-refractivity contribution in [2.45, 2.75) is 25.8 Å². The van der Waals surface area contributed by atoms with E-state index in [9.17, 15) is 9.59 Å². The molecule has 30 heavy (non-hydrogen) atoms. The molecule has 0 unspecified atom stereocenters. The second kappa shape index (κ2) is 13.3. The molecule has 0 saturated heterocycles. The van der Waals surface area contributed by atoms with E-state index in [-0.39, 0.29) is 6.79 Å². The molecule has 0 fully saturated rings. The number of aliphatic hydroxyl groups is 1. The smallest absolute Gasteiger partial charge is 0.251 e. The van der Waals surface area contributed by atoms with Crippen molar-refractivity contribution in [3.8, 4) is 11.5 Å². The van der Waals surface area contributed by atoms with Crippen LogP contribution in [-0.2, 0) is 14.3 Å². The highest BCUT2D eigenvalue weighted by Crippen LogP contribution is 2.21. The summed E-state index contributed by atoms with van der Waals surface area (Å²) < 4.78 is 16.1. The van der Waals surface area contributed by atoms with Crippen molar-refractivity contribution in [2.24, 2.45) is 0 Å². The van der Waals surface area contributed by atoms with Gasteiger partial charge in [0.05, 0.1) is 0 Å². The fourth-order valence-electron chi connectivity index (χ4n) is 2.60. The van der Waals surface area contributed by atoms with E-state index in [2.05, 4.69) is 10.6 Å². The van der Waals surface area contributed by atoms with E-state index in [1.54, 1.807) is 24.3 Å². The average Bonchev–Trinajstić information content (AvgIpc) is 2.76. The van der Waals surface area contributed by atoms with E-state index in [4.69, 9.17) is 19.3 Å². The van der Waals surface area contributed by atoms with Crippen molar-refractivity contribution in [3.05, 3.63) is 60.2 Å². The number of hydrogen-bond acceptors (Lipinski definition) is 6. The third-order valence-corrected chi connectivity index (χ3v) is 4.12. The summed E-state index contributed by atoms with van der Waals surface area (Å²) in [5, 5.41) is 14.0. The number of amides is 2. The lowest BCUT2D eigenvalue weighted by molar-refractivity contribution is -0.124. The fraction of sp³-hybridized carbons (Fsp3) is 0.364. The van der Waals surface area contributed by atoms with Crippen LogP contribution >= 0.6 is 0 Å². The Bertz CT molecular complexity index is 767. The van der Waals surface area contributed by atoms with Gasteiger partial charge in [-0.2, -0.15) is 0 Å². The summed E-state index contributed by atoms with van der Waals surface area (Å²) in [7, 11) is 0. The van der Waals surface area contributed by atoms with E-state index in [1.807, 2.05) is 37.3 Å². The molecule has 3 N–H and O–H groups in total. The number of rotatable bonds is 13. The fourth-order valence-corrected chi connectivity index (χ4v) is 2.60. The number of carbonyl (C=O) groups is 2. The molecule has 0 heterocycles. The Kier molecular flexibility index (Phi) is 10.4. The van der Waals surface area contributed by atoms with E-state index in [1.165, 1.54) is 0 Å². The summed E-state index contributed by atoms with van der Waals surface area (Å²) in [6.45, 7) is 2.51. The van der Waals surface area contributed by atoms with Crippen LogP contribution in [0.3, 0.4) is 0 Å². The summed E-state index contributed by atoms with van der Waals surface area (Å²) in [6.07, 6.45) is 0.902. The van der Waals surface area contributed by atoms with Gasteiger partial charge in [-0.05, 0) is 56.2 Å². The van der Waals surface area contributed by atoms with Gasteiger partial charge in [0, 0.05) is 18.8 Å². The van der Waals surface area contributed by atoms with Gasteiger partial charge in [-0.3, -0.25) is 9.59 Å². The van der Waals surface area contributed by atoms with Gasteiger partial charge in [-0.15, -0.1) is 0 Å². The monoisotopic (exact) mass is 416 g/mol. The number of nitrogens with one attached hydrogen (secondary N) is 2. The summed E-state index contributed by atoms with van der Waals surface area (Å²) >= 11 is 0. The highest BCUT2D eigenvalue weighted by atomic mass is 16.7. The van der Waals surface area contributed by atoms with Gasteiger partial charge in [-0.25, -0.2) is 0 Å². The van der Waals surface area contributed by atoms with Crippen molar-refractivity contribution >= 4 is 11.8 Å². The van der Waals surface area contributed by atoms with Crippen LogP contribution in [0.1, 0.15) is 30.1 Å². The largest absolute Gasteiger partial charge is 0.457 e. The minimum atomic E-state index is -0.791. The minimum Gasteiger partial charge on any atom is -0.457 e. The van der Waals surface area contributed by atoms with Crippen molar-refractivity contribution in [1.29, 1.82) is 0 Å². The predicted octanol–water partition coefficient (Wildman–Crippen LogP) is 2.43. The van der Waals surface area contributed by atoms with E-state index >= 15 is 0 Å². The zero-order valence-electron chi connectivity index (χ0n) is 17.0. The van der Waals surface area contributed by atoms with E-state index in [0.717, 1.165) is 0 Å². The van der Waals surface area contributed by atoms with E-state index < -0.39 is 24.6 Å². The normalized spacial score (nSPS) is 11.5. The maximum atomic E-state index is 12.6. The molecule has 162 valence electrons. The van der Waals surface area contributed by atoms with Gasteiger partial charge >= 0.3 is 0 Å². The second-order valence-electron chi connectivity index (χ2n) is 6.33. The number of carbonyl (C=O) groups excluding carboxylic acids is 2. The summed E-state index contributed by atoms with van der Waals surface area (Å²) in [5.41, 5.74) is 0.393. The second-order valence-corrected chi connectivity index (χ2v) is 6.33. The quantitative estimate of drug-likeness (QED) is 0.342. The number of aliphatic hydroxyl groups excluding tert-OH is 1. The summed E-state index contributed by atoms with van der Waals surface area (Å²) in [6, 6.07) is 15.1. The lowest BCUT2D eigenvalue weighted by Crippen LogP contribution is -2.47. The molecule has 2 aromatic rings. The lowest BCUT2D eigenvalue weighted by atomic mass is 10.1. The molecule has 1 atom stereocenters. The third kappa shape index (κ3) is 8.20. The molecule has 8 heteroatoms. The van der Waals surface area contributed by atoms with Crippen LogP contribution in [-0.4, -0.2) is 49.7 Å². The molecule has 0 aliphatic heterocycles. The van der Waals surface area contributed by atoms with Crippen LogP contribution in [0.2, 0.25) is 0 Å². The molecule has 0 aliphatic carbocycles. The molecular weight excluding hydrogens is 388 g/mol. The maximum absolute atomic E-state index is 12.6. The Morgan fingerprint density at radius 2 is 1.70 bits per heavy atom. The van der Waals surface area contributed by atoms with Gasteiger partial charge in [0.2, 0.25) is 5.91 Å². The van der Waals surface area contributed by atoms with Crippen LogP contribution in [0, 0.1) is 0 Å². The van der Waals surface area contributed by atoms with Gasteiger partial charge in [0.25, 0.3) is 5.91 Å². The molecule has 8 nitrogen and oxygen atoms in total. The standard InChI is InChI=1S/C22H28N2O6/c1-2-28-16-29-14-6-9-20(22(27)23-15-25)24-21(26)17-10-12-19(13-11-17)30-18-7-4-3-5-8-18/h3-5,7-8,10-13,20,25H,2,6,9,14-16H2,1H3,(H,23,27)(H,24,26)/t20-/m0/s1. The molecule has 2 aromatic carbocycles. The maximum Gasteiger partial charge on any atom is 0.251 e. The lowest BCUT2D eigenvalue weighted by Gasteiger charge is -2.18. The van der Waals surface area contributed by atoms with Crippen molar-refractivity contribution in [1.82, 2.24) is 10.6 Å². The topological polar surface area (TPSA) is 106 Å². The zero-order chi connectivity index (χ0) is 21.6. The Morgan fingerprint density at radius 3 is 2.37 bits per heavy atom. The number of para-hydroxylation sites is 1. The van der Waals surface area contributed by atoms with Gasteiger partial charge in [0.15, 0.2) is 0 Å². The van der Waals surface area contributed by atoms with Crippen molar-refractivity contribution in [2.75, 3.05) is 26.7 Å². The molecule has 0 bridgehead atoms. The highest BCUT2D eigenvalue weighted by molar-refractivity contribution is 5.97. The van der Waals surface area contributed by atoms with Gasteiger partial charge in [-0.1, -0.05) is 18.2 Å². The first-order valence-electron chi connectivity index (χ1n) is 9.82. The molecule has 0 spiro atoms. The third-order valence-electron chi connectivity index (χ3n) is 4.12. The van der Waals surface area contributed by atoms with Gasteiger partial charge in [0.1, 0.15) is 31.1 Å². The van der Waals surface area contributed by atoms with Crippen LogP contribution in [0.5, 0.6) is 11.5 Å². The number of ether oxygens (including phenoxy) is 3. The van der Waals surface area contributed by atoms with Gasteiger partial charge < -0.3 is 30.0 Å². The molecule has 0 saturated carbocycles. The first-order chi connectivity index (χ1) is 14.6. The van der Waals surface area contributed by atoms with E-state index in [0.29, 0.717) is 43.1 Å². The highest BCUT2D eigenvalue weighted by Gasteiger charge is 2.20. The van der Waals surface area contributed by atoms with Crippen LogP contribution < -0.4 is 15.4 Å². The van der Waals surface area contributed by atoms with Crippen LogP contribution in [0.15, 0.2) is 54.6 Å². The van der Waals surface area contributed by atoms with Crippen molar-refractivity contribution in [3.63, 3.8) is 0 Å². The Morgan fingerprint density at radius 1 is 1.00 bits per heavy atom. The Labute approximate surface area is 176 Å². The number of hydrogen-bond donors (Lipinski definition) is 3. The Balaban J connectivity index is 1.90. The summed E-state index contributed by atoms with van der Waals surface area (Å²) in [5.74, 6) is 0.440. The SMILES string of the molecule is CCOCOCCC[C@H](NC(=O)c1ccc(Oc2ccccc2)cc1)C(=O)NCO. The average molecular weight is 416 g/mol. The molecule has 2 amide bonds. The minimum absolute atomic E-state index is 0.188. The van der Waals surface area contributed by atoms with Crippen molar-refractivity contribution < 1.29 is 28.9 Å². The first-order valence-corrected chi connectivity index (χ1v) is 9.82. The van der Waals surface area contributed by atoms with Crippen LogP contribution in [0.25, 0.3) is 0 Å². The molecule has 0 aromatic heterocycles. The molecule has 0 radical (unpaired) electrons. The first kappa shape index (κ1) is 23.3. The van der Waals surface area contributed by atoms with Crippen LogP contribution in [0.4, 0.5) is 0 Å². The summed E-state index contributed by atoms with van der Waals surface area (Å²) in [4.78, 5) is 24.7. The Hall–Kier alpha value is -2.94. The molecule has 0 aliphatic rings. The predicted molar refractivity (Wildman–Crippen MR) is 111 cm³/mol. The molecule has 2 rings (SSSR count). The number of benzene rings is 2.